The van der Waals surface area contributed by atoms with Gasteiger partial charge in [0.15, 0.2) is 11.6 Å². The van der Waals surface area contributed by atoms with Crippen LogP contribution in [-0.4, -0.2) is 34.7 Å². The van der Waals surface area contributed by atoms with Gasteiger partial charge in [-0.15, -0.1) is 0 Å². The molecule has 0 bridgehead atoms. The van der Waals surface area contributed by atoms with Crippen LogP contribution in [0.15, 0.2) is 30.6 Å². The molecule has 24 heavy (non-hydrogen) atoms. The predicted octanol–water partition coefficient (Wildman–Crippen LogP) is 2.18. The van der Waals surface area contributed by atoms with E-state index in [2.05, 4.69) is 20.2 Å². The van der Waals surface area contributed by atoms with Gasteiger partial charge in [0, 0.05) is 44.1 Å². The van der Waals surface area contributed by atoms with Crippen molar-refractivity contribution in [1.29, 1.82) is 0 Å². The van der Waals surface area contributed by atoms with Crippen molar-refractivity contribution in [3.63, 3.8) is 0 Å². The summed E-state index contributed by atoms with van der Waals surface area (Å²) >= 11 is 0. The van der Waals surface area contributed by atoms with Crippen LogP contribution in [0.4, 0.5) is 14.7 Å². The fourth-order valence-corrected chi connectivity index (χ4v) is 2.71. The van der Waals surface area contributed by atoms with Crippen LogP contribution in [-0.2, 0) is 6.54 Å². The maximum atomic E-state index is 13.2. The van der Waals surface area contributed by atoms with Gasteiger partial charge >= 0.3 is 0 Å². The summed E-state index contributed by atoms with van der Waals surface area (Å²) in [6, 6.07) is 3.40. The highest BCUT2D eigenvalue weighted by Gasteiger charge is 2.14. The molecule has 2 aromatic rings. The highest BCUT2D eigenvalue weighted by Crippen LogP contribution is 2.16. The second kappa shape index (κ2) is 7.63. The number of hydrogen-bond acceptors (Lipinski definition) is 5. The van der Waals surface area contributed by atoms with Crippen molar-refractivity contribution in [2.45, 2.75) is 25.5 Å². The van der Waals surface area contributed by atoms with Crippen LogP contribution in [0.1, 0.15) is 30.1 Å². The third kappa shape index (κ3) is 4.04. The van der Waals surface area contributed by atoms with Crippen LogP contribution in [0, 0.1) is 11.6 Å². The topological polar surface area (TPSA) is 61.3 Å². The highest BCUT2D eigenvalue weighted by molar-refractivity contribution is 5.31. The molecule has 3 rings (SSSR count). The zero-order valence-electron chi connectivity index (χ0n) is 13.3. The number of nitrogens with one attached hydrogen (secondary N) is 1. The standard InChI is InChI=1S/C17H20F2N4O/c18-14-4-3-13(7-15(14)19)16(24)11-20-8-12-9-21-17(22-10-12)23-5-1-2-6-23/h3-4,7,9-10,16,20,24H,1-2,5-6,8,11H2/t16-/m0/s1. The lowest BCUT2D eigenvalue weighted by Gasteiger charge is -2.15. The van der Waals surface area contributed by atoms with Crippen molar-refractivity contribution in [3.8, 4) is 0 Å². The van der Waals surface area contributed by atoms with Gasteiger partial charge in [-0.3, -0.25) is 0 Å². The zero-order chi connectivity index (χ0) is 16.9. The monoisotopic (exact) mass is 334 g/mol. The molecule has 1 atom stereocenters. The van der Waals surface area contributed by atoms with E-state index >= 15 is 0 Å². The summed E-state index contributed by atoms with van der Waals surface area (Å²) in [5, 5.41) is 13.1. The predicted molar refractivity (Wildman–Crippen MR) is 86.5 cm³/mol. The number of aliphatic hydroxyl groups is 1. The Morgan fingerprint density at radius 1 is 1.12 bits per heavy atom. The summed E-state index contributed by atoms with van der Waals surface area (Å²) in [7, 11) is 0. The van der Waals surface area contributed by atoms with Gasteiger partial charge in [0.2, 0.25) is 5.95 Å². The van der Waals surface area contributed by atoms with Crippen LogP contribution in [0.5, 0.6) is 0 Å². The zero-order valence-corrected chi connectivity index (χ0v) is 13.3. The minimum absolute atomic E-state index is 0.221. The van der Waals surface area contributed by atoms with Crippen LogP contribution in [0.25, 0.3) is 0 Å². The molecule has 1 saturated heterocycles. The minimum Gasteiger partial charge on any atom is -0.387 e. The van der Waals surface area contributed by atoms with E-state index < -0.39 is 17.7 Å². The van der Waals surface area contributed by atoms with Crippen molar-refractivity contribution >= 4 is 5.95 Å². The second-order valence-electron chi connectivity index (χ2n) is 5.91. The first-order valence-electron chi connectivity index (χ1n) is 8.03. The molecule has 0 saturated carbocycles. The van der Waals surface area contributed by atoms with Gasteiger partial charge in [-0.2, -0.15) is 0 Å². The molecule has 0 spiro atoms. The van der Waals surface area contributed by atoms with Crippen molar-refractivity contribution in [3.05, 3.63) is 53.4 Å². The Morgan fingerprint density at radius 3 is 2.50 bits per heavy atom. The van der Waals surface area contributed by atoms with Gasteiger partial charge in [-0.1, -0.05) is 6.07 Å². The van der Waals surface area contributed by atoms with Gasteiger partial charge in [-0.05, 0) is 30.5 Å². The number of aliphatic hydroxyl groups excluding tert-OH is 1. The van der Waals surface area contributed by atoms with Gasteiger partial charge in [0.25, 0.3) is 0 Å². The summed E-state index contributed by atoms with van der Waals surface area (Å²) in [6.07, 6.45) is 4.96. The van der Waals surface area contributed by atoms with Gasteiger partial charge in [0.1, 0.15) is 0 Å². The van der Waals surface area contributed by atoms with E-state index in [1.54, 1.807) is 12.4 Å². The average Bonchev–Trinajstić information content (AvgIpc) is 3.12. The van der Waals surface area contributed by atoms with Gasteiger partial charge in [-0.25, -0.2) is 18.7 Å². The Labute approximate surface area is 139 Å². The van der Waals surface area contributed by atoms with Crippen LogP contribution in [0.2, 0.25) is 0 Å². The molecule has 5 nitrogen and oxygen atoms in total. The number of hydrogen-bond donors (Lipinski definition) is 2. The molecule has 2 heterocycles. The lowest BCUT2D eigenvalue weighted by molar-refractivity contribution is 0.173. The highest BCUT2D eigenvalue weighted by atomic mass is 19.2. The summed E-state index contributed by atoms with van der Waals surface area (Å²) in [6.45, 7) is 2.70. The van der Waals surface area contributed by atoms with E-state index in [-0.39, 0.29) is 6.54 Å². The number of aromatic nitrogens is 2. The molecule has 1 aliphatic rings. The summed E-state index contributed by atoms with van der Waals surface area (Å²) < 4.78 is 26.1. The third-order valence-electron chi connectivity index (χ3n) is 4.08. The number of nitrogens with zero attached hydrogens (tertiary/aromatic N) is 3. The lowest BCUT2D eigenvalue weighted by atomic mass is 10.1. The van der Waals surface area contributed by atoms with Crippen molar-refractivity contribution in [2.24, 2.45) is 0 Å². The number of anilines is 1. The van der Waals surface area contributed by atoms with Crippen LogP contribution in [0.3, 0.4) is 0 Å². The quantitative estimate of drug-likeness (QED) is 0.848. The van der Waals surface area contributed by atoms with E-state index in [1.165, 1.54) is 18.9 Å². The molecule has 1 aromatic heterocycles. The van der Waals surface area contributed by atoms with E-state index in [4.69, 9.17) is 0 Å². The molecule has 2 N–H and O–H groups in total. The van der Waals surface area contributed by atoms with E-state index in [9.17, 15) is 13.9 Å². The normalized spacial score (nSPS) is 15.7. The molecule has 0 radical (unpaired) electrons. The first kappa shape index (κ1) is 16.7. The molecular formula is C17H20F2N4O. The van der Waals surface area contributed by atoms with E-state index in [1.807, 2.05) is 0 Å². The van der Waals surface area contributed by atoms with Crippen molar-refractivity contribution < 1.29 is 13.9 Å². The Kier molecular flexibility index (Phi) is 5.32. The molecule has 0 amide bonds. The minimum atomic E-state index is -0.961. The molecule has 0 aliphatic carbocycles. The Balaban J connectivity index is 1.49. The number of halogens is 2. The largest absolute Gasteiger partial charge is 0.387 e. The van der Waals surface area contributed by atoms with Crippen molar-refractivity contribution in [1.82, 2.24) is 15.3 Å². The lowest BCUT2D eigenvalue weighted by Crippen LogP contribution is -2.22. The maximum absolute atomic E-state index is 13.2. The molecule has 1 aliphatic heterocycles. The van der Waals surface area contributed by atoms with E-state index in [0.717, 1.165) is 36.7 Å². The SMILES string of the molecule is O[C@@H](CNCc1cnc(N2CCCC2)nc1)c1ccc(F)c(F)c1. The molecule has 128 valence electrons. The average molecular weight is 334 g/mol. The summed E-state index contributed by atoms with van der Waals surface area (Å²) in [5.41, 5.74) is 1.23. The van der Waals surface area contributed by atoms with Crippen LogP contribution >= 0.6 is 0 Å². The van der Waals surface area contributed by atoms with Crippen LogP contribution < -0.4 is 10.2 Å². The first-order valence-corrected chi connectivity index (χ1v) is 8.03. The molecule has 1 aromatic carbocycles. The smallest absolute Gasteiger partial charge is 0.225 e. The van der Waals surface area contributed by atoms with Gasteiger partial charge < -0.3 is 15.3 Å². The van der Waals surface area contributed by atoms with E-state index in [0.29, 0.717) is 12.1 Å². The number of benzene rings is 1. The molecule has 1 fully saturated rings. The summed E-state index contributed by atoms with van der Waals surface area (Å²) in [5.74, 6) is -1.13. The second-order valence-corrected chi connectivity index (χ2v) is 5.91. The maximum Gasteiger partial charge on any atom is 0.225 e. The Bertz CT molecular complexity index is 675. The molecule has 0 unspecified atom stereocenters. The number of rotatable bonds is 6. The Morgan fingerprint density at radius 2 is 1.83 bits per heavy atom. The molecule has 7 heteroatoms. The fraction of sp³-hybridized carbons (Fsp3) is 0.412. The Hall–Kier alpha value is -2.12. The first-order chi connectivity index (χ1) is 11.6. The fourth-order valence-electron chi connectivity index (χ4n) is 2.71. The van der Waals surface area contributed by atoms with Gasteiger partial charge in [0.05, 0.1) is 6.10 Å². The summed E-state index contributed by atoms with van der Waals surface area (Å²) in [4.78, 5) is 10.9. The van der Waals surface area contributed by atoms with Crippen molar-refractivity contribution in [2.75, 3.05) is 24.5 Å². The third-order valence-corrected chi connectivity index (χ3v) is 4.08. The molecular weight excluding hydrogens is 314 g/mol.